The molecule has 0 fully saturated rings. The van der Waals surface area contributed by atoms with E-state index in [0.717, 1.165) is 4.91 Å². The first-order chi connectivity index (χ1) is 3.39. The van der Waals surface area contributed by atoms with Crippen molar-refractivity contribution in [3.05, 3.63) is 20.7 Å². The Morgan fingerprint density at radius 1 is 1.57 bits per heavy atom. The van der Waals surface area contributed by atoms with Crippen molar-refractivity contribution in [3.63, 3.8) is 0 Å². The van der Waals surface area contributed by atoms with Crippen LogP contribution in [-0.2, 0) is 0 Å². The van der Waals surface area contributed by atoms with Crippen molar-refractivity contribution in [1.82, 2.24) is 0 Å². The van der Waals surface area contributed by atoms with Gasteiger partial charge in [-0.2, -0.15) is 0 Å². The average Bonchev–Trinajstić information content (AvgIpc) is 1.69. The molecule has 0 aliphatic carbocycles. The summed E-state index contributed by atoms with van der Waals surface area (Å²) in [4.78, 5) is 1.16. The Kier molecular flexibility index (Phi) is 2.31. The third-order valence-corrected chi connectivity index (χ3v) is 6.02. The molecule has 0 spiro atoms. The molecule has 0 N–H and O–H groups in total. The van der Waals surface area contributed by atoms with Crippen molar-refractivity contribution in [2.24, 2.45) is 0 Å². The Hall–Kier alpha value is 0.622. The van der Waals surface area contributed by atoms with Crippen molar-refractivity contribution in [2.75, 3.05) is 0 Å². The average molecular weight is 302 g/mol. The molecule has 0 unspecified atom stereocenters. The molecule has 1 aliphatic rings. The van der Waals surface area contributed by atoms with E-state index in [2.05, 4.69) is 25.9 Å². The molecule has 0 saturated heterocycles. The number of thiol groups is 1. The molecule has 1 aliphatic heterocycles. The van der Waals surface area contributed by atoms with E-state index in [1.807, 2.05) is 6.08 Å². The van der Waals surface area contributed by atoms with Crippen LogP contribution in [0.4, 0.5) is 0 Å². The molecule has 1 heterocycles. The molecule has 0 atom stereocenters. The molecular formula is C5H5STl. The summed E-state index contributed by atoms with van der Waals surface area (Å²) in [7, 11) is 0. The van der Waals surface area contributed by atoms with Gasteiger partial charge in [0.2, 0.25) is 0 Å². The minimum atomic E-state index is -0.502. The standard InChI is InChI=1S/C5H5S.Tl/c1-3-4-5(2)6;/h1-4,6H;. The van der Waals surface area contributed by atoms with Gasteiger partial charge in [0.25, 0.3) is 0 Å². The number of rotatable bonds is 0. The predicted molar refractivity (Wildman–Crippen MR) is 38.0 cm³/mol. The normalized spacial score (nSPS) is 15.9. The topological polar surface area (TPSA) is 0 Å². The quantitative estimate of drug-likeness (QED) is 0.497. The summed E-state index contributed by atoms with van der Waals surface area (Å²) >= 11 is 3.67. The fourth-order valence-electron chi connectivity index (χ4n) is 0.428. The fraction of sp³-hybridized carbons (Fsp3) is 0. The summed E-state index contributed by atoms with van der Waals surface area (Å²) in [5.41, 5.74) is 0. The second-order valence-electron chi connectivity index (χ2n) is 1.34. The summed E-state index contributed by atoms with van der Waals surface area (Å²) < 4.78 is 4.59. The zero-order valence-electron chi connectivity index (χ0n) is 3.83. The first-order valence-corrected chi connectivity index (χ1v) is 7.76. The maximum absolute atomic E-state index is 4.17. The molecule has 0 aromatic carbocycles. The van der Waals surface area contributed by atoms with Gasteiger partial charge in [-0.25, -0.2) is 0 Å². The fourth-order valence-corrected chi connectivity index (χ4v) is 3.83. The maximum atomic E-state index is 4.17. The van der Waals surface area contributed by atoms with Gasteiger partial charge < -0.3 is 0 Å². The van der Waals surface area contributed by atoms with E-state index in [1.54, 1.807) is 0 Å². The molecule has 1 rings (SSSR count). The van der Waals surface area contributed by atoms with Gasteiger partial charge in [0.15, 0.2) is 0 Å². The van der Waals surface area contributed by atoms with Gasteiger partial charge in [-0.1, -0.05) is 0 Å². The van der Waals surface area contributed by atoms with E-state index in [1.165, 1.54) is 0 Å². The molecule has 34 valence electrons. The van der Waals surface area contributed by atoms with E-state index in [0.29, 0.717) is 0 Å². The van der Waals surface area contributed by atoms with Crippen LogP contribution in [0.15, 0.2) is 20.7 Å². The molecule has 2 heteroatoms. The van der Waals surface area contributed by atoms with E-state index in [9.17, 15) is 0 Å². The van der Waals surface area contributed by atoms with Crippen LogP contribution in [0, 0.1) is 0 Å². The molecule has 0 saturated carbocycles. The van der Waals surface area contributed by atoms with Crippen molar-refractivity contribution < 1.29 is 0 Å². The second-order valence-corrected chi connectivity index (χ2v) is 6.14. The molecule has 7 heavy (non-hydrogen) atoms. The summed E-state index contributed by atoms with van der Waals surface area (Å²) in [6.07, 6.45) is 4.14. The minimum absolute atomic E-state index is 0.502. The molecule has 0 bridgehead atoms. The van der Waals surface area contributed by atoms with Gasteiger partial charge in [-0.3, -0.25) is 0 Å². The molecule has 0 radical (unpaired) electrons. The van der Waals surface area contributed by atoms with Gasteiger partial charge in [0.1, 0.15) is 0 Å². The summed E-state index contributed by atoms with van der Waals surface area (Å²) in [6, 6.07) is 0. The van der Waals surface area contributed by atoms with Crippen molar-refractivity contribution in [3.8, 4) is 0 Å². The van der Waals surface area contributed by atoms with Crippen LogP contribution in [0.1, 0.15) is 0 Å². The Balaban J connectivity index is 2.82. The van der Waals surface area contributed by atoms with E-state index in [4.69, 9.17) is 0 Å². The van der Waals surface area contributed by atoms with E-state index >= 15 is 0 Å². The Labute approximate surface area is 60.4 Å². The van der Waals surface area contributed by atoms with Gasteiger partial charge in [-0.15, -0.1) is 0 Å². The van der Waals surface area contributed by atoms with Crippen molar-refractivity contribution >= 4 is 39.9 Å². The Bertz CT molecular complexity index is 144. The van der Waals surface area contributed by atoms with Crippen LogP contribution in [0.25, 0.3) is 0 Å². The predicted octanol–water partition coefficient (Wildman–Crippen LogP) is 0.834. The molecule has 0 amide bonds. The van der Waals surface area contributed by atoms with Crippen molar-refractivity contribution in [2.45, 2.75) is 0 Å². The summed E-state index contributed by atoms with van der Waals surface area (Å²) in [6.45, 7) is 0. The van der Waals surface area contributed by atoms with Gasteiger partial charge >= 0.3 is 60.6 Å². The van der Waals surface area contributed by atoms with E-state index in [-0.39, 0.29) is 0 Å². The Morgan fingerprint density at radius 2 is 2.43 bits per heavy atom. The molecule has 0 aromatic heterocycles. The number of hydrogen-bond donors (Lipinski definition) is 1. The molecular weight excluding hydrogens is 297 g/mol. The zero-order chi connectivity index (χ0) is 5.11. The van der Waals surface area contributed by atoms with Crippen LogP contribution in [0.3, 0.4) is 0 Å². The van der Waals surface area contributed by atoms with Gasteiger partial charge in [0.05, 0.1) is 0 Å². The first-order valence-electron chi connectivity index (χ1n) is 2.13. The number of hydrogen-bond acceptors (Lipinski definition) is 1. The number of allylic oxidation sites excluding steroid dienone is 2. The summed E-state index contributed by atoms with van der Waals surface area (Å²) in [5.74, 6) is 0. The van der Waals surface area contributed by atoms with Gasteiger partial charge in [0, 0.05) is 0 Å². The van der Waals surface area contributed by atoms with Crippen LogP contribution < -0.4 is 0 Å². The second kappa shape index (κ2) is 2.82. The summed E-state index contributed by atoms with van der Waals surface area (Å²) in [5, 5.41) is 0. The molecule has 0 aromatic rings. The zero-order valence-corrected chi connectivity index (χ0v) is 9.22. The van der Waals surface area contributed by atoms with Crippen LogP contribution in [0.5, 0.6) is 0 Å². The van der Waals surface area contributed by atoms with Crippen LogP contribution in [0.2, 0.25) is 0 Å². The van der Waals surface area contributed by atoms with Crippen LogP contribution >= 0.6 is 12.6 Å². The first kappa shape index (κ1) is 5.75. The van der Waals surface area contributed by atoms with Gasteiger partial charge in [-0.05, 0) is 0 Å². The van der Waals surface area contributed by atoms with E-state index < -0.39 is 23.7 Å². The third-order valence-electron chi connectivity index (χ3n) is 0.756. The Morgan fingerprint density at radius 3 is 2.71 bits per heavy atom. The van der Waals surface area contributed by atoms with Crippen molar-refractivity contribution in [1.29, 1.82) is 0 Å². The third kappa shape index (κ3) is 1.90. The monoisotopic (exact) mass is 302 g/mol. The SMILES string of the molecule is SC1=[CH][Tl]=[CH]C=C1. The molecule has 0 nitrogen and oxygen atoms in total. The van der Waals surface area contributed by atoms with Crippen LogP contribution in [-0.4, -0.2) is 27.3 Å².